The van der Waals surface area contributed by atoms with Crippen LogP contribution in [0.4, 0.5) is 0 Å². The molecule has 4 nitrogen and oxygen atoms in total. The zero-order chi connectivity index (χ0) is 11.1. The molecule has 5 heteroatoms. The van der Waals surface area contributed by atoms with Gasteiger partial charge in [0.15, 0.2) is 0 Å². The van der Waals surface area contributed by atoms with Crippen molar-refractivity contribution in [3.05, 3.63) is 0 Å². The molecule has 0 aromatic carbocycles. The van der Waals surface area contributed by atoms with E-state index in [1.165, 1.54) is 25.7 Å². The summed E-state index contributed by atoms with van der Waals surface area (Å²) in [7, 11) is -3.07. The number of sulfonamides is 1. The van der Waals surface area contributed by atoms with Gasteiger partial charge in [0, 0.05) is 6.54 Å². The molecule has 0 aromatic heterocycles. The summed E-state index contributed by atoms with van der Waals surface area (Å²) < 4.78 is 25.4. The predicted octanol–water partition coefficient (Wildman–Crippen LogP) is 0.835. The van der Waals surface area contributed by atoms with Crippen LogP contribution in [-0.4, -0.2) is 27.3 Å². The number of nitrogens with one attached hydrogen (secondary N) is 1. The van der Waals surface area contributed by atoms with E-state index in [1.807, 2.05) is 0 Å². The highest BCUT2D eigenvalue weighted by Crippen LogP contribution is 2.26. The molecule has 15 heavy (non-hydrogen) atoms. The summed E-state index contributed by atoms with van der Waals surface area (Å²) in [4.78, 5) is 0. The maximum atomic E-state index is 11.4. The van der Waals surface area contributed by atoms with Crippen molar-refractivity contribution < 1.29 is 8.42 Å². The maximum Gasteiger partial charge on any atom is 0.211 e. The van der Waals surface area contributed by atoms with E-state index in [0.29, 0.717) is 19.5 Å². The third-order valence-corrected chi connectivity index (χ3v) is 4.44. The van der Waals surface area contributed by atoms with E-state index in [2.05, 4.69) is 4.72 Å². The molecule has 0 saturated heterocycles. The Bertz CT molecular complexity index is 259. The van der Waals surface area contributed by atoms with Gasteiger partial charge in [-0.3, -0.25) is 0 Å². The third kappa shape index (κ3) is 5.49. The van der Waals surface area contributed by atoms with Crippen molar-refractivity contribution in [3.8, 4) is 0 Å². The first-order valence-electron chi connectivity index (χ1n) is 5.81. The van der Waals surface area contributed by atoms with E-state index in [9.17, 15) is 8.42 Å². The van der Waals surface area contributed by atoms with E-state index in [0.717, 1.165) is 12.3 Å². The van der Waals surface area contributed by atoms with Gasteiger partial charge in [-0.2, -0.15) is 0 Å². The molecule has 1 aliphatic carbocycles. The van der Waals surface area contributed by atoms with Crippen molar-refractivity contribution in [3.63, 3.8) is 0 Å². The Morgan fingerprint density at radius 1 is 1.27 bits per heavy atom. The Balaban J connectivity index is 2.12. The standard InChI is InChI=1S/C10H22N2O2S/c11-7-3-9-15(13,14)12-8-6-10-4-1-2-5-10/h10,12H,1-9,11H2. The van der Waals surface area contributed by atoms with Gasteiger partial charge in [-0.05, 0) is 25.3 Å². The number of hydrogen-bond acceptors (Lipinski definition) is 3. The normalized spacial score (nSPS) is 18.5. The van der Waals surface area contributed by atoms with Gasteiger partial charge in [-0.1, -0.05) is 25.7 Å². The SMILES string of the molecule is NCCCS(=O)(=O)NCCC1CCCC1. The Hall–Kier alpha value is -0.130. The molecule has 0 heterocycles. The van der Waals surface area contributed by atoms with Gasteiger partial charge in [0.25, 0.3) is 0 Å². The highest BCUT2D eigenvalue weighted by atomic mass is 32.2. The molecule has 1 saturated carbocycles. The second-order valence-corrected chi connectivity index (χ2v) is 6.22. The molecule has 3 N–H and O–H groups in total. The fraction of sp³-hybridized carbons (Fsp3) is 1.00. The quantitative estimate of drug-likeness (QED) is 0.685. The summed E-state index contributed by atoms with van der Waals surface area (Å²) in [6.07, 6.45) is 6.69. The fourth-order valence-electron chi connectivity index (χ4n) is 2.06. The minimum atomic E-state index is -3.07. The Morgan fingerprint density at radius 3 is 2.53 bits per heavy atom. The van der Waals surface area contributed by atoms with Gasteiger partial charge in [0.2, 0.25) is 10.0 Å². The molecule has 0 aliphatic heterocycles. The van der Waals surface area contributed by atoms with Gasteiger partial charge >= 0.3 is 0 Å². The van der Waals surface area contributed by atoms with Crippen LogP contribution in [0.15, 0.2) is 0 Å². The Kier molecular flexibility index (Phi) is 5.56. The van der Waals surface area contributed by atoms with E-state index in [1.54, 1.807) is 0 Å². The van der Waals surface area contributed by atoms with Crippen molar-refractivity contribution in [2.24, 2.45) is 11.7 Å². The van der Waals surface area contributed by atoms with Crippen LogP contribution in [0.1, 0.15) is 38.5 Å². The second-order valence-electron chi connectivity index (χ2n) is 4.29. The van der Waals surface area contributed by atoms with E-state index in [-0.39, 0.29) is 5.75 Å². The largest absolute Gasteiger partial charge is 0.330 e. The first kappa shape index (κ1) is 12.9. The molecule has 0 bridgehead atoms. The highest BCUT2D eigenvalue weighted by Gasteiger charge is 2.15. The van der Waals surface area contributed by atoms with E-state index in [4.69, 9.17) is 5.73 Å². The van der Waals surface area contributed by atoms with Crippen LogP contribution < -0.4 is 10.5 Å². The molecule has 1 rings (SSSR count). The molecule has 0 aromatic rings. The van der Waals surface area contributed by atoms with Crippen molar-refractivity contribution in [2.75, 3.05) is 18.8 Å². The Labute approximate surface area is 92.7 Å². The summed E-state index contributed by atoms with van der Waals surface area (Å²) in [6.45, 7) is 1.03. The van der Waals surface area contributed by atoms with Crippen molar-refractivity contribution in [2.45, 2.75) is 38.5 Å². The topological polar surface area (TPSA) is 72.2 Å². The van der Waals surface area contributed by atoms with E-state index < -0.39 is 10.0 Å². The fourth-order valence-corrected chi connectivity index (χ4v) is 3.18. The minimum Gasteiger partial charge on any atom is -0.330 e. The second kappa shape index (κ2) is 6.45. The lowest BCUT2D eigenvalue weighted by molar-refractivity contribution is 0.495. The van der Waals surface area contributed by atoms with Crippen LogP contribution >= 0.6 is 0 Å². The first-order chi connectivity index (χ1) is 7.14. The lowest BCUT2D eigenvalue weighted by Crippen LogP contribution is -2.29. The molecule has 1 aliphatic rings. The summed E-state index contributed by atoms with van der Waals surface area (Å²) in [5, 5.41) is 0. The molecule has 90 valence electrons. The van der Waals surface area contributed by atoms with Crippen molar-refractivity contribution in [1.29, 1.82) is 0 Å². The van der Waals surface area contributed by atoms with Crippen LogP contribution in [0, 0.1) is 5.92 Å². The zero-order valence-corrected chi connectivity index (χ0v) is 10.1. The van der Waals surface area contributed by atoms with Crippen LogP contribution in [0.3, 0.4) is 0 Å². The molecule has 0 radical (unpaired) electrons. The van der Waals surface area contributed by atoms with E-state index >= 15 is 0 Å². The molecule has 0 unspecified atom stereocenters. The summed E-state index contributed by atoms with van der Waals surface area (Å²) in [6, 6.07) is 0. The van der Waals surface area contributed by atoms with Gasteiger partial charge in [-0.25, -0.2) is 13.1 Å². The van der Waals surface area contributed by atoms with Crippen molar-refractivity contribution >= 4 is 10.0 Å². The van der Waals surface area contributed by atoms with Crippen LogP contribution in [0.25, 0.3) is 0 Å². The lowest BCUT2D eigenvalue weighted by Gasteiger charge is -2.09. The lowest BCUT2D eigenvalue weighted by atomic mass is 10.1. The molecule has 1 fully saturated rings. The Morgan fingerprint density at radius 2 is 1.93 bits per heavy atom. The summed E-state index contributed by atoms with van der Waals surface area (Å²) in [5.74, 6) is 0.899. The predicted molar refractivity (Wildman–Crippen MR) is 62.0 cm³/mol. The number of nitrogens with two attached hydrogens (primary N) is 1. The smallest absolute Gasteiger partial charge is 0.211 e. The van der Waals surface area contributed by atoms with Gasteiger partial charge in [0.1, 0.15) is 0 Å². The first-order valence-corrected chi connectivity index (χ1v) is 7.46. The highest BCUT2D eigenvalue weighted by molar-refractivity contribution is 7.89. The van der Waals surface area contributed by atoms with Gasteiger partial charge in [0.05, 0.1) is 5.75 Å². The van der Waals surface area contributed by atoms with Gasteiger partial charge < -0.3 is 5.73 Å². The molecule has 0 spiro atoms. The minimum absolute atomic E-state index is 0.161. The molecule has 0 amide bonds. The van der Waals surface area contributed by atoms with Crippen LogP contribution in [0.2, 0.25) is 0 Å². The summed E-state index contributed by atoms with van der Waals surface area (Å²) >= 11 is 0. The van der Waals surface area contributed by atoms with Crippen LogP contribution in [-0.2, 0) is 10.0 Å². The summed E-state index contributed by atoms with van der Waals surface area (Å²) in [5.41, 5.74) is 5.27. The molecular weight excluding hydrogens is 212 g/mol. The van der Waals surface area contributed by atoms with Crippen molar-refractivity contribution in [1.82, 2.24) is 4.72 Å². The maximum absolute atomic E-state index is 11.4. The van der Waals surface area contributed by atoms with Crippen LogP contribution in [0.5, 0.6) is 0 Å². The average molecular weight is 234 g/mol. The average Bonchev–Trinajstić information content (AvgIpc) is 2.67. The third-order valence-electron chi connectivity index (χ3n) is 2.97. The monoisotopic (exact) mass is 234 g/mol. The number of hydrogen-bond donors (Lipinski definition) is 2. The number of rotatable bonds is 7. The van der Waals surface area contributed by atoms with Gasteiger partial charge in [-0.15, -0.1) is 0 Å². The molecular formula is C10H22N2O2S. The zero-order valence-electron chi connectivity index (χ0n) is 9.24. The molecule has 0 atom stereocenters.